The second-order valence-electron chi connectivity index (χ2n) is 7.67. The van der Waals surface area contributed by atoms with Crippen LogP contribution in [0.15, 0.2) is 24.5 Å². The van der Waals surface area contributed by atoms with Crippen LogP contribution >= 0.6 is 0 Å². The molecule has 0 aromatic carbocycles. The Kier molecular flexibility index (Phi) is 3.82. The lowest BCUT2D eigenvalue weighted by molar-refractivity contribution is -0.172. The molecule has 2 atom stereocenters. The summed E-state index contributed by atoms with van der Waals surface area (Å²) in [4.78, 5) is 20.5. The number of halogens is 2. The van der Waals surface area contributed by atoms with Gasteiger partial charge >= 0.3 is 0 Å². The van der Waals surface area contributed by atoms with Gasteiger partial charge in [0.15, 0.2) is 0 Å². The fraction of sp³-hybridized carbons (Fsp3) is 0.667. The maximum Gasteiger partial charge on any atom is 0.282 e. The molecule has 2 saturated heterocycles. The van der Waals surface area contributed by atoms with Gasteiger partial charge in [-0.3, -0.25) is 14.7 Å². The van der Waals surface area contributed by atoms with Gasteiger partial charge in [-0.25, -0.2) is 8.78 Å². The molecule has 3 heterocycles. The Morgan fingerprint density at radius 2 is 1.96 bits per heavy atom. The van der Waals surface area contributed by atoms with E-state index >= 15 is 0 Å². The summed E-state index contributed by atoms with van der Waals surface area (Å²) in [5, 5.41) is 0. The number of carbonyl (C=O) groups is 1. The molecule has 2 aliphatic heterocycles. The number of carbonyl (C=O) groups excluding carboxylic acids is 1. The Labute approximate surface area is 140 Å². The van der Waals surface area contributed by atoms with Crippen molar-refractivity contribution >= 4 is 5.91 Å². The van der Waals surface area contributed by atoms with Gasteiger partial charge in [0.2, 0.25) is 5.91 Å². The van der Waals surface area contributed by atoms with E-state index in [0.29, 0.717) is 0 Å². The number of hydrogen-bond donors (Lipinski definition) is 0. The van der Waals surface area contributed by atoms with Gasteiger partial charge in [0.1, 0.15) is 0 Å². The Morgan fingerprint density at radius 1 is 1.21 bits per heavy atom. The summed E-state index contributed by atoms with van der Waals surface area (Å²) in [6, 6.07) is 4.04. The number of nitrogens with zero attached hydrogens (tertiary/aromatic N) is 3. The summed E-state index contributed by atoms with van der Waals surface area (Å²) in [6.07, 6.45) is 7.52. The summed E-state index contributed by atoms with van der Waals surface area (Å²) in [7, 11) is 0. The molecule has 1 aromatic rings. The van der Waals surface area contributed by atoms with Crippen molar-refractivity contribution in [3.63, 3.8) is 0 Å². The van der Waals surface area contributed by atoms with Gasteiger partial charge in [-0.05, 0) is 48.9 Å². The summed E-state index contributed by atoms with van der Waals surface area (Å²) in [5.74, 6) is -2.79. The third-order valence-corrected chi connectivity index (χ3v) is 5.98. The molecule has 2 unspecified atom stereocenters. The number of alkyl halides is 2. The molecule has 4 nitrogen and oxygen atoms in total. The highest BCUT2D eigenvalue weighted by molar-refractivity contribution is 5.81. The number of amides is 1. The number of hydrogen-bond acceptors (Lipinski definition) is 3. The molecule has 1 amide bonds. The second-order valence-corrected chi connectivity index (χ2v) is 7.67. The molecule has 3 fully saturated rings. The van der Waals surface area contributed by atoms with Crippen LogP contribution in [0.25, 0.3) is 0 Å². The molecule has 1 aliphatic carbocycles. The van der Waals surface area contributed by atoms with Crippen molar-refractivity contribution in [2.45, 2.75) is 38.2 Å². The maximum atomic E-state index is 13.1. The molecule has 0 radical (unpaired) electrons. The van der Waals surface area contributed by atoms with Crippen molar-refractivity contribution < 1.29 is 13.6 Å². The van der Waals surface area contributed by atoms with E-state index < -0.39 is 5.92 Å². The maximum absolute atomic E-state index is 13.1. The van der Waals surface area contributed by atoms with Crippen molar-refractivity contribution in [1.82, 2.24) is 14.8 Å². The lowest BCUT2D eigenvalue weighted by Gasteiger charge is -2.42. The lowest BCUT2D eigenvalue weighted by Crippen LogP contribution is -2.60. The number of rotatable bonds is 3. The summed E-state index contributed by atoms with van der Waals surface area (Å²) < 4.78 is 26.2. The van der Waals surface area contributed by atoms with E-state index in [-0.39, 0.29) is 30.3 Å². The van der Waals surface area contributed by atoms with E-state index in [2.05, 4.69) is 9.88 Å². The summed E-state index contributed by atoms with van der Waals surface area (Å²) >= 11 is 0. The molecule has 1 spiro atoms. The van der Waals surface area contributed by atoms with Gasteiger partial charge in [-0.2, -0.15) is 0 Å². The van der Waals surface area contributed by atoms with Crippen LogP contribution in [0.5, 0.6) is 0 Å². The third-order valence-electron chi connectivity index (χ3n) is 5.98. The summed E-state index contributed by atoms with van der Waals surface area (Å²) in [6.45, 7) is 1.96. The SMILES string of the molecule is O=C(C1CCCC12CCN(Cc1ccncc1)C2)N1CC(F)(F)C1. The number of pyridine rings is 1. The van der Waals surface area contributed by atoms with Crippen LogP contribution in [0, 0.1) is 11.3 Å². The minimum atomic E-state index is -2.68. The van der Waals surface area contributed by atoms with Crippen LogP contribution in [-0.2, 0) is 11.3 Å². The molecule has 24 heavy (non-hydrogen) atoms. The lowest BCUT2D eigenvalue weighted by atomic mass is 9.76. The summed E-state index contributed by atoms with van der Waals surface area (Å²) in [5.41, 5.74) is 1.22. The van der Waals surface area contributed by atoms with Gasteiger partial charge in [-0.15, -0.1) is 0 Å². The molecule has 1 aromatic heterocycles. The minimum Gasteiger partial charge on any atom is -0.330 e. The molecule has 0 N–H and O–H groups in total. The van der Waals surface area contributed by atoms with Gasteiger partial charge in [0.05, 0.1) is 13.1 Å². The van der Waals surface area contributed by atoms with Crippen LogP contribution in [0.2, 0.25) is 0 Å². The average molecular weight is 335 g/mol. The zero-order valence-corrected chi connectivity index (χ0v) is 13.8. The predicted octanol–water partition coefficient (Wildman–Crippen LogP) is 2.55. The molecule has 6 heteroatoms. The third kappa shape index (κ3) is 2.81. The minimum absolute atomic E-state index is 0.00497. The van der Waals surface area contributed by atoms with Crippen molar-refractivity contribution in [1.29, 1.82) is 0 Å². The zero-order chi connectivity index (χ0) is 16.8. The van der Waals surface area contributed by atoms with Gasteiger partial charge in [-0.1, -0.05) is 6.42 Å². The first-order valence-corrected chi connectivity index (χ1v) is 8.75. The van der Waals surface area contributed by atoms with Crippen molar-refractivity contribution in [3.05, 3.63) is 30.1 Å². The molecular formula is C18H23F2N3O. The highest BCUT2D eigenvalue weighted by Crippen LogP contribution is 2.51. The van der Waals surface area contributed by atoms with Gasteiger partial charge in [0.25, 0.3) is 5.92 Å². The van der Waals surface area contributed by atoms with E-state index in [0.717, 1.165) is 45.3 Å². The van der Waals surface area contributed by atoms with Crippen molar-refractivity contribution in [2.75, 3.05) is 26.2 Å². The highest BCUT2D eigenvalue weighted by Gasteiger charge is 2.55. The standard InChI is InChI=1S/C18H23F2N3O/c19-18(20)12-23(13-18)16(24)15-2-1-5-17(15)6-9-22(11-17)10-14-3-7-21-8-4-14/h3-4,7-8,15H,1-2,5-6,9-13H2. The predicted molar refractivity (Wildman–Crippen MR) is 85.4 cm³/mol. The van der Waals surface area contributed by atoms with E-state index in [1.165, 1.54) is 10.5 Å². The topological polar surface area (TPSA) is 36.4 Å². The molecule has 3 aliphatic rings. The largest absolute Gasteiger partial charge is 0.330 e. The first-order chi connectivity index (χ1) is 11.5. The first-order valence-electron chi connectivity index (χ1n) is 8.75. The van der Waals surface area contributed by atoms with E-state index in [4.69, 9.17) is 0 Å². The van der Waals surface area contributed by atoms with Gasteiger partial charge in [0, 0.05) is 31.4 Å². The van der Waals surface area contributed by atoms with Gasteiger partial charge < -0.3 is 4.90 Å². The van der Waals surface area contributed by atoms with Crippen LogP contribution in [0.1, 0.15) is 31.2 Å². The van der Waals surface area contributed by atoms with Crippen LogP contribution in [0.4, 0.5) is 8.78 Å². The first kappa shape index (κ1) is 15.9. The van der Waals surface area contributed by atoms with Crippen molar-refractivity contribution in [3.8, 4) is 0 Å². The Morgan fingerprint density at radius 3 is 2.67 bits per heavy atom. The second kappa shape index (κ2) is 5.76. The van der Waals surface area contributed by atoms with Crippen LogP contribution in [0.3, 0.4) is 0 Å². The highest BCUT2D eigenvalue weighted by atomic mass is 19.3. The average Bonchev–Trinajstić information content (AvgIpc) is 3.13. The normalized spacial score (nSPS) is 32.2. The fourth-order valence-corrected chi connectivity index (χ4v) is 4.77. The fourth-order valence-electron chi connectivity index (χ4n) is 4.77. The molecule has 130 valence electrons. The molecule has 0 bridgehead atoms. The Hall–Kier alpha value is -1.56. The number of aromatic nitrogens is 1. The Balaban J connectivity index is 1.42. The molecular weight excluding hydrogens is 312 g/mol. The quantitative estimate of drug-likeness (QED) is 0.852. The van der Waals surface area contributed by atoms with Crippen LogP contribution in [-0.4, -0.2) is 52.8 Å². The van der Waals surface area contributed by atoms with Crippen molar-refractivity contribution in [2.24, 2.45) is 11.3 Å². The number of likely N-dealkylation sites (tertiary alicyclic amines) is 2. The molecule has 1 saturated carbocycles. The Bertz CT molecular complexity index is 616. The van der Waals surface area contributed by atoms with Crippen LogP contribution < -0.4 is 0 Å². The van der Waals surface area contributed by atoms with E-state index in [9.17, 15) is 13.6 Å². The van der Waals surface area contributed by atoms with E-state index in [1.54, 1.807) is 12.4 Å². The monoisotopic (exact) mass is 335 g/mol. The molecule has 4 rings (SSSR count). The zero-order valence-electron chi connectivity index (χ0n) is 13.8. The van der Waals surface area contributed by atoms with E-state index in [1.807, 2.05) is 12.1 Å². The smallest absolute Gasteiger partial charge is 0.282 e.